The molecule has 0 saturated carbocycles. The van der Waals surface area contributed by atoms with E-state index in [1.54, 1.807) is 6.20 Å². The lowest BCUT2D eigenvalue weighted by atomic mass is 10.2. The molecule has 2 heterocycles. The van der Waals surface area contributed by atoms with Gasteiger partial charge in [0.2, 0.25) is 5.91 Å². The van der Waals surface area contributed by atoms with Crippen molar-refractivity contribution in [1.29, 1.82) is 0 Å². The van der Waals surface area contributed by atoms with Crippen molar-refractivity contribution in [1.82, 2.24) is 14.8 Å². The maximum Gasteiger partial charge on any atom is 0.246 e. The third kappa shape index (κ3) is 3.07. The summed E-state index contributed by atoms with van der Waals surface area (Å²) in [5.74, 6) is -0.467. The van der Waals surface area contributed by atoms with Crippen LogP contribution in [-0.4, -0.2) is 31.7 Å². The number of phenols is 2. The molecule has 3 rings (SSSR count). The Labute approximate surface area is 129 Å². The molecule has 0 bridgehead atoms. The Morgan fingerprint density at radius 1 is 1.45 bits per heavy atom. The predicted octanol–water partition coefficient (Wildman–Crippen LogP) is 1.50. The van der Waals surface area contributed by atoms with Crippen LogP contribution >= 0.6 is 11.3 Å². The summed E-state index contributed by atoms with van der Waals surface area (Å²) in [6, 6.07) is 4.10. The Balaban J connectivity index is 1.59. The summed E-state index contributed by atoms with van der Waals surface area (Å²) in [6.07, 6.45) is 5.09. The van der Waals surface area contributed by atoms with Crippen molar-refractivity contribution in [2.24, 2.45) is 5.10 Å². The number of phenolic OH excluding ortho intramolecular Hbond substituents is 2. The minimum absolute atomic E-state index is 0.0431. The molecule has 2 aromatic heterocycles. The number of benzene rings is 1. The zero-order chi connectivity index (χ0) is 15.5. The minimum atomic E-state index is -0.305. The van der Waals surface area contributed by atoms with Gasteiger partial charge in [0.25, 0.3) is 0 Å². The van der Waals surface area contributed by atoms with E-state index in [4.69, 9.17) is 0 Å². The summed E-state index contributed by atoms with van der Waals surface area (Å²) in [6.45, 7) is 0. The van der Waals surface area contributed by atoms with Gasteiger partial charge in [-0.15, -0.1) is 11.3 Å². The molecule has 0 saturated heterocycles. The van der Waals surface area contributed by atoms with E-state index in [9.17, 15) is 15.0 Å². The summed E-state index contributed by atoms with van der Waals surface area (Å²) in [7, 11) is 0. The van der Waals surface area contributed by atoms with Crippen LogP contribution in [0.1, 0.15) is 11.3 Å². The van der Waals surface area contributed by atoms with Crippen LogP contribution in [0.25, 0.3) is 4.96 Å². The van der Waals surface area contributed by atoms with Crippen LogP contribution in [0.15, 0.2) is 41.1 Å². The molecule has 1 amide bonds. The van der Waals surface area contributed by atoms with Gasteiger partial charge >= 0.3 is 0 Å². The molecule has 3 N–H and O–H groups in total. The van der Waals surface area contributed by atoms with Crippen LogP contribution in [0.2, 0.25) is 0 Å². The molecule has 22 heavy (non-hydrogen) atoms. The minimum Gasteiger partial charge on any atom is -0.508 e. The van der Waals surface area contributed by atoms with Crippen molar-refractivity contribution < 1.29 is 15.0 Å². The van der Waals surface area contributed by atoms with Crippen LogP contribution in [-0.2, 0) is 11.2 Å². The van der Waals surface area contributed by atoms with Gasteiger partial charge in [-0.25, -0.2) is 10.4 Å². The summed E-state index contributed by atoms with van der Waals surface area (Å²) in [5, 5.41) is 24.4. The van der Waals surface area contributed by atoms with Gasteiger partial charge in [0.1, 0.15) is 11.5 Å². The first-order chi connectivity index (χ1) is 10.6. The van der Waals surface area contributed by atoms with Gasteiger partial charge in [0.15, 0.2) is 4.96 Å². The van der Waals surface area contributed by atoms with Crippen molar-refractivity contribution in [3.8, 4) is 11.5 Å². The van der Waals surface area contributed by atoms with Gasteiger partial charge < -0.3 is 10.2 Å². The Bertz CT molecular complexity index is 824. The lowest BCUT2D eigenvalue weighted by molar-refractivity contribution is -0.120. The van der Waals surface area contributed by atoms with Crippen molar-refractivity contribution in [3.63, 3.8) is 0 Å². The van der Waals surface area contributed by atoms with Crippen LogP contribution in [0.3, 0.4) is 0 Å². The summed E-state index contributed by atoms with van der Waals surface area (Å²) in [5.41, 5.74) is 3.42. The molecule has 8 heteroatoms. The molecule has 0 atom stereocenters. The number of aromatic hydroxyl groups is 2. The van der Waals surface area contributed by atoms with Gasteiger partial charge in [-0.05, 0) is 12.1 Å². The SMILES string of the molecule is O=C(Cc1cn2ccsc2n1)N/N=C/c1ccc(O)cc1O. The third-order valence-electron chi connectivity index (χ3n) is 2.89. The average Bonchev–Trinajstić information content (AvgIpc) is 3.02. The third-order valence-corrected chi connectivity index (χ3v) is 3.66. The number of carbonyl (C=O) groups excluding carboxylic acids is 1. The zero-order valence-corrected chi connectivity index (χ0v) is 12.1. The largest absolute Gasteiger partial charge is 0.508 e. The highest BCUT2D eigenvalue weighted by Gasteiger charge is 2.07. The molecular weight excluding hydrogens is 304 g/mol. The molecule has 0 aliphatic rings. The highest BCUT2D eigenvalue weighted by molar-refractivity contribution is 7.15. The molecule has 1 aromatic carbocycles. The van der Waals surface area contributed by atoms with E-state index in [-0.39, 0.29) is 23.8 Å². The summed E-state index contributed by atoms with van der Waals surface area (Å²) in [4.78, 5) is 16.9. The molecule has 3 aromatic rings. The van der Waals surface area contributed by atoms with Crippen LogP contribution < -0.4 is 5.43 Å². The van der Waals surface area contributed by atoms with Gasteiger partial charge in [-0.2, -0.15) is 5.10 Å². The van der Waals surface area contributed by atoms with E-state index in [1.807, 2.05) is 16.0 Å². The number of nitrogens with zero attached hydrogens (tertiary/aromatic N) is 3. The molecule has 7 nitrogen and oxygen atoms in total. The molecule has 0 aliphatic heterocycles. The lowest BCUT2D eigenvalue weighted by Crippen LogP contribution is -2.19. The van der Waals surface area contributed by atoms with Gasteiger partial charge in [0.05, 0.1) is 18.3 Å². The van der Waals surface area contributed by atoms with E-state index >= 15 is 0 Å². The quantitative estimate of drug-likeness (QED) is 0.502. The first-order valence-electron chi connectivity index (χ1n) is 6.37. The number of thiazole rings is 1. The van der Waals surface area contributed by atoms with Crippen molar-refractivity contribution in [3.05, 3.63) is 47.2 Å². The molecule has 112 valence electrons. The number of amides is 1. The smallest absolute Gasteiger partial charge is 0.246 e. The Kier molecular flexibility index (Phi) is 3.75. The normalized spacial score (nSPS) is 11.3. The molecule has 0 aliphatic carbocycles. The van der Waals surface area contributed by atoms with Crippen LogP contribution in [0.5, 0.6) is 11.5 Å². The topological polar surface area (TPSA) is 99.2 Å². The Hall–Kier alpha value is -2.87. The molecule has 0 unspecified atom stereocenters. The lowest BCUT2D eigenvalue weighted by Gasteiger charge is -2.00. The number of hydrogen-bond acceptors (Lipinski definition) is 6. The maximum atomic E-state index is 11.8. The number of aromatic nitrogens is 2. The summed E-state index contributed by atoms with van der Waals surface area (Å²) >= 11 is 1.50. The Morgan fingerprint density at radius 3 is 3.09 bits per heavy atom. The number of imidazole rings is 1. The van der Waals surface area contributed by atoms with Crippen molar-refractivity contribution in [2.45, 2.75) is 6.42 Å². The number of hydrazone groups is 1. The van der Waals surface area contributed by atoms with E-state index < -0.39 is 0 Å². The van der Waals surface area contributed by atoms with Crippen molar-refractivity contribution in [2.75, 3.05) is 0 Å². The average molecular weight is 316 g/mol. The highest BCUT2D eigenvalue weighted by atomic mass is 32.1. The molecule has 0 fully saturated rings. The van der Waals surface area contributed by atoms with E-state index in [0.29, 0.717) is 11.3 Å². The summed E-state index contributed by atoms with van der Waals surface area (Å²) < 4.78 is 1.85. The first kappa shape index (κ1) is 14.1. The standard InChI is InChI=1S/C14H12N4O3S/c19-11-2-1-9(12(20)6-11)7-15-17-13(21)5-10-8-18-3-4-22-14(18)16-10/h1-4,6-8,19-20H,5H2,(H,17,21)/b15-7+. The van der Waals surface area contributed by atoms with E-state index in [0.717, 1.165) is 4.96 Å². The van der Waals surface area contributed by atoms with Crippen LogP contribution in [0.4, 0.5) is 0 Å². The number of carbonyl (C=O) groups is 1. The fourth-order valence-corrected chi connectivity index (χ4v) is 2.60. The van der Waals surface area contributed by atoms with Gasteiger partial charge in [-0.3, -0.25) is 9.20 Å². The number of hydrogen-bond donors (Lipinski definition) is 3. The monoisotopic (exact) mass is 316 g/mol. The number of rotatable bonds is 4. The first-order valence-corrected chi connectivity index (χ1v) is 7.25. The number of nitrogens with one attached hydrogen (secondary N) is 1. The Morgan fingerprint density at radius 2 is 2.32 bits per heavy atom. The van der Waals surface area contributed by atoms with Gasteiger partial charge in [-0.1, -0.05) is 0 Å². The second-order valence-electron chi connectivity index (χ2n) is 4.54. The molecule has 0 spiro atoms. The molecule has 0 radical (unpaired) electrons. The van der Waals surface area contributed by atoms with Crippen LogP contribution in [0, 0.1) is 0 Å². The predicted molar refractivity (Wildman–Crippen MR) is 82.3 cm³/mol. The fraction of sp³-hybridized carbons (Fsp3) is 0.0714. The highest BCUT2D eigenvalue weighted by Crippen LogP contribution is 2.20. The fourth-order valence-electron chi connectivity index (χ4n) is 1.88. The van der Waals surface area contributed by atoms with E-state index in [1.165, 1.54) is 35.8 Å². The molecular formula is C14H12N4O3S. The second-order valence-corrected chi connectivity index (χ2v) is 5.41. The van der Waals surface area contributed by atoms with E-state index in [2.05, 4.69) is 15.5 Å². The van der Waals surface area contributed by atoms with Crippen molar-refractivity contribution >= 4 is 28.4 Å². The number of fused-ring (bicyclic) bond motifs is 1. The zero-order valence-electron chi connectivity index (χ0n) is 11.3. The van der Waals surface area contributed by atoms with Gasteiger partial charge in [0, 0.05) is 29.4 Å². The second kappa shape index (κ2) is 5.86. The maximum absolute atomic E-state index is 11.8.